The van der Waals surface area contributed by atoms with Gasteiger partial charge in [-0.2, -0.15) is 5.26 Å². The van der Waals surface area contributed by atoms with Gasteiger partial charge in [-0.1, -0.05) is 42.5 Å². The van der Waals surface area contributed by atoms with Crippen LogP contribution in [0.5, 0.6) is 0 Å². The lowest BCUT2D eigenvalue weighted by Gasteiger charge is -2.35. The van der Waals surface area contributed by atoms with E-state index in [4.69, 9.17) is 0 Å². The third-order valence-electron chi connectivity index (χ3n) is 6.16. The molecule has 28 heavy (non-hydrogen) atoms. The summed E-state index contributed by atoms with van der Waals surface area (Å²) < 4.78 is 41.4. The van der Waals surface area contributed by atoms with Gasteiger partial charge < -0.3 is 5.32 Å². The summed E-state index contributed by atoms with van der Waals surface area (Å²) in [6, 6.07) is 16.0. The van der Waals surface area contributed by atoms with Crippen molar-refractivity contribution >= 4 is 9.84 Å². The van der Waals surface area contributed by atoms with Crippen molar-refractivity contribution in [3.63, 3.8) is 0 Å². The highest BCUT2D eigenvalue weighted by Crippen LogP contribution is 2.47. The molecule has 6 heteroatoms. The van der Waals surface area contributed by atoms with Crippen molar-refractivity contribution in [1.82, 2.24) is 5.32 Å². The zero-order valence-electron chi connectivity index (χ0n) is 15.7. The van der Waals surface area contributed by atoms with Crippen LogP contribution in [0.15, 0.2) is 48.5 Å². The highest BCUT2D eigenvalue weighted by molar-refractivity contribution is 7.92. The summed E-state index contributed by atoms with van der Waals surface area (Å²) in [5.41, 5.74) is 1.28. The molecule has 4 rings (SSSR count). The SMILES string of the molecule is C[C@@H]1NC[C@@H](c2ccccc2)S(=O)(=O)C1Cc1ccc(C2(C#N)CC2)cc1F. The number of rotatable bonds is 4. The first-order chi connectivity index (χ1) is 13.4. The number of benzene rings is 2. The summed E-state index contributed by atoms with van der Waals surface area (Å²) in [5, 5.41) is 11.3. The predicted molar refractivity (Wildman–Crippen MR) is 106 cm³/mol. The Hall–Kier alpha value is -2.23. The first-order valence-corrected chi connectivity index (χ1v) is 11.2. The quantitative estimate of drug-likeness (QED) is 0.857. The van der Waals surface area contributed by atoms with Gasteiger partial charge in [-0.15, -0.1) is 0 Å². The molecule has 3 atom stereocenters. The molecule has 4 nitrogen and oxygen atoms in total. The fourth-order valence-corrected chi connectivity index (χ4v) is 6.49. The first kappa shape index (κ1) is 19.1. The molecule has 0 spiro atoms. The Bertz CT molecular complexity index is 1030. The van der Waals surface area contributed by atoms with E-state index in [-0.39, 0.29) is 12.5 Å². The van der Waals surface area contributed by atoms with Crippen LogP contribution >= 0.6 is 0 Å². The number of hydrogen-bond donors (Lipinski definition) is 1. The number of nitrogens with zero attached hydrogens (tertiary/aromatic N) is 1. The van der Waals surface area contributed by atoms with Crippen LogP contribution in [0.25, 0.3) is 0 Å². The van der Waals surface area contributed by atoms with Crippen LogP contribution < -0.4 is 5.32 Å². The number of nitriles is 1. The van der Waals surface area contributed by atoms with Gasteiger partial charge in [-0.05, 0) is 48.9 Å². The minimum atomic E-state index is -3.49. The number of sulfone groups is 1. The molecule has 1 saturated carbocycles. The van der Waals surface area contributed by atoms with E-state index in [9.17, 15) is 18.1 Å². The minimum Gasteiger partial charge on any atom is -0.311 e. The standard InChI is InChI=1S/C22H23FN2O2S/c1-15-20(28(26,27)21(13-25-15)16-5-3-2-4-6-16)11-17-7-8-18(12-19(17)23)22(14-24)9-10-22/h2-8,12,15,20-21,25H,9-11,13H2,1H3/t15-,20?,21-/m0/s1. The third-order valence-corrected chi connectivity index (χ3v) is 8.81. The van der Waals surface area contributed by atoms with Gasteiger partial charge in [0.05, 0.1) is 22.0 Å². The van der Waals surface area contributed by atoms with Gasteiger partial charge in [0.2, 0.25) is 0 Å². The van der Waals surface area contributed by atoms with Crippen molar-refractivity contribution in [2.24, 2.45) is 0 Å². The molecule has 0 amide bonds. The molecule has 2 fully saturated rings. The van der Waals surface area contributed by atoms with E-state index in [1.807, 2.05) is 37.3 Å². The summed E-state index contributed by atoms with van der Waals surface area (Å²) >= 11 is 0. The molecule has 1 unspecified atom stereocenters. The van der Waals surface area contributed by atoms with E-state index >= 15 is 0 Å². The molecule has 1 heterocycles. The van der Waals surface area contributed by atoms with Crippen molar-refractivity contribution in [2.45, 2.75) is 48.1 Å². The molecule has 0 bridgehead atoms. The molecule has 1 N–H and O–H groups in total. The van der Waals surface area contributed by atoms with Gasteiger partial charge in [0.1, 0.15) is 5.82 Å². The highest BCUT2D eigenvalue weighted by Gasteiger charge is 2.46. The van der Waals surface area contributed by atoms with Crippen molar-refractivity contribution < 1.29 is 12.8 Å². The van der Waals surface area contributed by atoms with Crippen LogP contribution in [-0.4, -0.2) is 26.3 Å². The average Bonchev–Trinajstić information content (AvgIpc) is 3.48. The van der Waals surface area contributed by atoms with Crippen LogP contribution in [-0.2, 0) is 21.7 Å². The van der Waals surface area contributed by atoms with Gasteiger partial charge in [0.15, 0.2) is 9.84 Å². The predicted octanol–water partition coefficient (Wildman–Crippen LogP) is 3.44. The first-order valence-electron chi connectivity index (χ1n) is 9.58. The Labute approximate surface area is 165 Å². The number of hydrogen-bond acceptors (Lipinski definition) is 4. The van der Waals surface area contributed by atoms with Crippen LogP contribution in [0.3, 0.4) is 0 Å². The van der Waals surface area contributed by atoms with E-state index in [0.29, 0.717) is 17.7 Å². The van der Waals surface area contributed by atoms with Crippen LogP contribution in [0.4, 0.5) is 4.39 Å². The van der Waals surface area contributed by atoms with E-state index in [1.165, 1.54) is 6.07 Å². The Morgan fingerprint density at radius 1 is 1.21 bits per heavy atom. The zero-order chi connectivity index (χ0) is 19.9. The summed E-state index contributed by atoms with van der Waals surface area (Å²) in [6.45, 7) is 2.20. The van der Waals surface area contributed by atoms with Crippen molar-refractivity contribution in [1.29, 1.82) is 5.26 Å². The molecule has 2 aromatic rings. The average molecular weight is 399 g/mol. The Morgan fingerprint density at radius 3 is 2.54 bits per heavy atom. The minimum absolute atomic E-state index is 0.117. The monoisotopic (exact) mass is 398 g/mol. The molecule has 2 aromatic carbocycles. The Kier molecular flexibility index (Phi) is 4.76. The second-order valence-corrected chi connectivity index (χ2v) is 10.3. The molecule has 2 aliphatic rings. The maximum Gasteiger partial charge on any atom is 0.163 e. The Morgan fingerprint density at radius 2 is 1.93 bits per heavy atom. The molecular formula is C22H23FN2O2S. The number of halogens is 1. The maximum atomic E-state index is 14.8. The highest BCUT2D eigenvalue weighted by atomic mass is 32.2. The van der Waals surface area contributed by atoms with Crippen LogP contribution in [0.1, 0.15) is 41.7 Å². The van der Waals surface area contributed by atoms with Gasteiger partial charge in [0.25, 0.3) is 0 Å². The fourth-order valence-electron chi connectivity index (χ4n) is 4.12. The topological polar surface area (TPSA) is 70.0 Å². The Balaban J connectivity index is 1.62. The zero-order valence-corrected chi connectivity index (χ0v) is 16.5. The normalized spacial score (nSPS) is 27.7. The number of nitrogens with one attached hydrogen (secondary N) is 1. The fraction of sp³-hybridized carbons (Fsp3) is 0.409. The van der Waals surface area contributed by atoms with Gasteiger partial charge >= 0.3 is 0 Å². The van der Waals surface area contributed by atoms with E-state index in [2.05, 4.69) is 11.4 Å². The van der Waals surface area contributed by atoms with Gasteiger partial charge in [-0.3, -0.25) is 0 Å². The van der Waals surface area contributed by atoms with E-state index in [0.717, 1.165) is 18.4 Å². The lowest BCUT2D eigenvalue weighted by atomic mass is 9.94. The van der Waals surface area contributed by atoms with Gasteiger partial charge in [0, 0.05) is 12.6 Å². The lowest BCUT2D eigenvalue weighted by Crippen LogP contribution is -2.53. The molecule has 0 radical (unpaired) electrons. The molecule has 1 aliphatic carbocycles. The summed E-state index contributed by atoms with van der Waals surface area (Å²) in [7, 11) is -3.49. The van der Waals surface area contributed by atoms with Crippen molar-refractivity contribution in [2.75, 3.05) is 6.54 Å². The lowest BCUT2D eigenvalue weighted by molar-refractivity contribution is 0.447. The molecule has 146 valence electrons. The second kappa shape index (κ2) is 6.98. The summed E-state index contributed by atoms with van der Waals surface area (Å²) in [5.74, 6) is -0.428. The van der Waals surface area contributed by atoms with Crippen LogP contribution in [0.2, 0.25) is 0 Å². The molecule has 0 aromatic heterocycles. The molecule has 1 aliphatic heterocycles. The largest absolute Gasteiger partial charge is 0.311 e. The smallest absolute Gasteiger partial charge is 0.163 e. The summed E-state index contributed by atoms with van der Waals surface area (Å²) in [6.07, 6.45) is 1.61. The van der Waals surface area contributed by atoms with Gasteiger partial charge in [-0.25, -0.2) is 12.8 Å². The molecule has 1 saturated heterocycles. The summed E-state index contributed by atoms with van der Waals surface area (Å²) in [4.78, 5) is 0. The molecular weight excluding hydrogens is 375 g/mol. The third kappa shape index (κ3) is 3.23. The van der Waals surface area contributed by atoms with Crippen LogP contribution in [0, 0.1) is 17.1 Å². The second-order valence-electron chi connectivity index (χ2n) is 7.93. The van der Waals surface area contributed by atoms with E-state index < -0.39 is 31.6 Å². The van der Waals surface area contributed by atoms with E-state index in [1.54, 1.807) is 12.1 Å². The van der Waals surface area contributed by atoms with Crippen molar-refractivity contribution in [3.8, 4) is 6.07 Å². The van der Waals surface area contributed by atoms with Crippen molar-refractivity contribution in [3.05, 3.63) is 71.0 Å². The maximum absolute atomic E-state index is 14.8.